The maximum absolute atomic E-state index is 12.2. The van der Waals surface area contributed by atoms with Crippen molar-refractivity contribution in [1.82, 2.24) is 9.78 Å². The number of carbonyl (C=O) groups is 1. The number of aryl methyl sites for hydroxylation is 2. The lowest BCUT2D eigenvalue weighted by Gasteiger charge is -2.12. The number of benzene rings is 1. The number of hydrogen-bond donors (Lipinski definition) is 2. The molecule has 0 saturated carbocycles. The third kappa shape index (κ3) is 4.88. The van der Waals surface area contributed by atoms with Gasteiger partial charge in [0.05, 0.1) is 43.4 Å². The molecule has 0 saturated heterocycles. The fourth-order valence-corrected chi connectivity index (χ4v) is 4.61. The topological polar surface area (TPSA) is 77.4 Å². The van der Waals surface area contributed by atoms with Gasteiger partial charge in [-0.25, -0.2) is 4.79 Å². The predicted molar refractivity (Wildman–Crippen MR) is 129 cm³/mol. The van der Waals surface area contributed by atoms with Crippen LogP contribution in [0, 0.1) is 27.7 Å². The fourth-order valence-electron chi connectivity index (χ4n) is 3.29. The van der Waals surface area contributed by atoms with E-state index in [1.165, 1.54) is 18.4 Å². The van der Waals surface area contributed by atoms with Gasteiger partial charge in [-0.3, -0.25) is 4.68 Å². The molecule has 0 aliphatic rings. The monoisotopic (exact) mass is 458 g/mol. The highest BCUT2D eigenvalue weighted by Crippen LogP contribution is 2.33. The van der Waals surface area contributed by atoms with E-state index < -0.39 is 0 Å². The number of nitrogens with zero attached hydrogens (tertiary/aromatic N) is 2. The maximum atomic E-state index is 12.2. The van der Waals surface area contributed by atoms with Crippen molar-refractivity contribution in [1.29, 1.82) is 0 Å². The quantitative estimate of drug-likeness (QED) is 0.405. The number of hydrogen-bond acceptors (Lipinski definition) is 6. The molecule has 31 heavy (non-hydrogen) atoms. The molecule has 0 spiro atoms. The van der Waals surface area contributed by atoms with Crippen molar-refractivity contribution in [3.8, 4) is 5.75 Å². The highest BCUT2D eigenvalue weighted by Gasteiger charge is 2.21. The molecule has 164 valence electrons. The van der Waals surface area contributed by atoms with Crippen molar-refractivity contribution in [2.45, 2.75) is 34.2 Å². The first-order valence-corrected chi connectivity index (χ1v) is 10.9. The van der Waals surface area contributed by atoms with Crippen LogP contribution in [-0.4, -0.2) is 35.1 Å². The van der Waals surface area contributed by atoms with E-state index in [1.807, 2.05) is 56.6 Å². The first-order chi connectivity index (χ1) is 14.7. The van der Waals surface area contributed by atoms with Crippen LogP contribution < -0.4 is 15.4 Å². The first-order valence-electron chi connectivity index (χ1n) is 9.68. The minimum absolute atomic E-state index is 0.384. The molecule has 0 radical (unpaired) electrons. The van der Waals surface area contributed by atoms with Crippen LogP contribution in [0.2, 0.25) is 0 Å². The molecule has 0 aliphatic carbocycles. The van der Waals surface area contributed by atoms with E-state index in [0.29, 0.717) is 22.2 Å². The summed E-state index contributed by atoms with van der Waals surface area (Å²) in [5, 5.41) is 12.1. The van der Waals surface area contributed by atoms with Crippen LogP contribution in [0.4, 0.5) is 10.7 Å². The fraction of sp³-hybridized carbons (Fsp3) is 0.318. The molecule has 9 heteroatoms. The number of thiophene rings is 1. The second-order valence-electron chi connectivity index (χ2n) is 7.11. The van der Waals surface area contributed by atoms with Crippen LogP contribution in [0.3, 0.4) is 0 Å². The van der Waals surface area contributed by atoms with E-state index >= 15 is 0 Å². The van der Waals surface area contributed by atoms with Crippen LogP contribution in [0.1, 0.15) is 37.7 Å². The number of nitrogens with one attached hydrogen (secondary N) is 2. The third-order valence-corrected chi connectivity index (χ3v) is 6.42. The summed E-state index contributed by atoms with van der Waals surface area (Å²) in [5.74, 6) is 0.427. The van der Waals surface area contributed by atoms with Crippen molar-refractivity contribution in [3.63, 3.8) is 0 Å². The molecule has 0 atom stereocenters. The van der Waals surface area contributed by atoms with Gasteiger partial charge in [-0.1, -0.05) is 12.1 Å². The van der Waals surface area contributed by atoms with Gasteiger partial charge in [0.25, 0.3) is 0 Å². The zero-order valence-corrected chi connectivity index (χ0v) is 20.1. The van der Waals surface area contributed by atoms with Gasteiger partial charge in [-0.2, -0.15) is 5.10 Å². The van der Waals surface area contributed by atoms with Gasteiger partial charge in [-0.15, -0.1) is 11.3 Å². The minimum atomic E-state index is -0.384. The average molecular weight is 459 g/mol. The summed E-state index contributed by atoms with van der Waals surface area (Å²) in [7, 11) is 3.03. The van der Waals surface area contributed by atoms with Gasteiger partial charge in [0, 0.05) is 4.88 Å². The second-order valence-corrected chi connectivity index (χ2v) is 8.75. The Morgan fingerprint density at radius 2 is 1.94 bits per heavy atom. The summed E-state index contributed by atoms with van der Waals surface area (Å²) in [6.07, 6.45) is 0. The third-order valence-electron chi connectivity index (χ3n) is 5.09. The van der Waals surface area contributed by atoms with Crippen LogP contribution in [0.5, 0.6) is 5.75 Å². The molecule has 0 unspecified atom stereocenters. The normalized spacial score (nSPS) is 10.6. The van der Waals surface area contributed by atoms with E-state index in [4.69, 9.17) is 21.7 Å². The molecule has 7 nitrogen and oxygen atoms in total. The predicted octanol–water partition coefficient (Wildman–Crippen LogP) is 4.83. The van der Waals surface area contributed by atoms with Gasteiger partial charge < -0.3 is 20.1 Å². The largest absolute Gasteiger partial charge is 0.497 e. The van der Waals surface area contributed by atoms with Crippen LogP contribution in [0.25, 0.3) is 0 Å². The van der Waals surface area contributed by atoms with Crippen molar-refractivity contribution in [2.75, 3.05) is 24.9 Å². The Morgan fingerprint density at radius 3 is 2.61 bits per heavy atom. The van der Waals surface area contributed by atoms with Crippen molar-refractivity contribution in [3.05, 3.63) is 57.2 Å². The minimum Gasteiger partial charge on any atom is -0.497 e. The molecule has 2 heterocycles. The number of anilines is 2. The molecule has 0 aliphatic heterocycles. The molecule has 2 aromatic heterocycles. The molecule has 0 amide bonds. The SMILES string of the molecule is COC(=O)c1c(NC(=S)Nc2c(C)nn(Cc3cccc(OC)c3)c2C)sc(C)c1C. The average Bonchev–Trinajstić information content (AvgIpc) is 3.17. The Hall–Kier alpha value is -2.91. The zero-order valence-electron chi connectivity index (χ0n) is 18.5. The van der Waals surface area contributed by atoms with E-state index in [0.717, 1.165) is 38.8 Å². The zero-order chi connectivity index (χ0) is 22.7. The molecular formula is C22H26N4O3S2. The summed E-state index contributed by atoms with van der Waals surface area (Å²) >= 11 is 6.99. The smallest absolute Gasteiger partial charge is 0.341 e. The highest BCUT2D eigenvalue weighted by atomic mass is 32.1. The van der Waals surface area contributed by atoms with Gasteiger partial charge in [-0.05, 0) is 63.2 Å². The van der Waals surface area contributed by atoms with Crippen LogP contribution in [-0.2, 0) is 11.3 Å². The molecule has 0 bridgehead atoms. The number of methoxy groups -OCH3 is 2. The number of rotatable bonds is 6. The molecule has 3 rings (SSSR count). The summed E-state index contributed by atoms with van der Waals surface area (Å²) in [6, 6.07) is 7.90. The molecule has 3 aromatic rings. The Kier molecular flexibility index (Phi) is 6.97. The molecular weight excluding hydrogens is 432 g/mol. The van der Waals surface area contributed by atoms with E-state index in [9.17, 15) is 4.79 Å². The Balaban J connectivity index is 1.78. The van der Waals surface area contributed by atoms with Gasteiger partial charge >= 0.3 is 5.97 Å². The Labute approximate surface area is 191 Å². The van der Waals surface area contributed by atoms with Gasteiger partial charge in [0.2, 0.25) is 0 Å². The summed E-state index contributed by atoms with van der Waals surface area (Å²) in [6.45, 7) is 8.40. The lowest BCUT2D eigenvalue weighted by atomic mass is 10.1. The van der Waals surface area contributed by atoms with Crippen molar-refractivity contribution >= 4 is 45.3 Å². The van der Waals surface area contributed by atoms with E-state index in [2.05, 4.69) is 15.7 Å². The van der Waals surface area contributed by atoms with Crippen molar-refractivity contribution < 1.29 is 14.3 Å². The number of aromatic nitrogens is 2. The maximum Gasteiger partial charge on any atom is 0.341 e. The first kappa shape index (κ1) is 22.8. The summed E-state index contributed by atoms with van der Waals surface area (Å²) in [4.78, 5) is 13.2. The van der Waals surface area contributed by atoms with Crippen LogP contribution in [0.15, 0.2) is 24.3 Å². The lowest BCUT2D eigenvalue weighted by molar-refractivity contribution is 0.0601. The lowest BCUT2D eigenvalue weighted by Crippen LogP contribution is -2.21. The molecule has 2 N–H and O–H groups in total. The van der Waals surface area contributed by atoms with Gasteiger partial charge in [0.15, 0.2) is 5.11 Å². The summed E-state index contributed by atoms with van der Waals surface area (Å²) in [5.41, 5.74) is 5.11. The number of esters is 1. The van der Waals surface area contributed by atoms with E-state index in [1.54, 1.807) is 7.11 Å². The Bertz CT molecular complexity index is 1130. The Morgan fingerprint density at radius 1 is 1.19 bits per heavy atom. The number of carbonyl (C=O) groups excluding carboxylic acids is 1. The molecule has 1 aromatic carbocycles. The number of thiocarbonyl (C=S) groups is 1. The van der Waals surface area contributed by atoms with Crippen molar-refractivity contribution in [2.24, 2.45) is 0 Å². The second kappa shape index (κ2) is 9.49. The van der Waals surface area contributed by atoms with Gasteiger partial charge in [0.1, 0.15) is 10.8 Å². The van der Waals surface area contributed by atoms with E-state index in [-0.39, 0.29) is 5.97 Å². The number of ether oxygens (including phenoxy) is 2. The van der Waals surface area contributed by atoms with Crippen LogP contribution >= 0.6 is 23.6 Å². The highest BCUT2D eigenvalue weighted by molar-refractivity contribution is 7.80. The standard InChI is InChI=1S/C22H26N4O3S2/c1-12-15(4)31-20(18(12)21(27)29-6)24-22(30)23-19-13(2)25-26(14(19)3)11-16-8-7-9-17(10-16)28-5/h7-10H,11H2,1-6H3,(H2,23,24,30). The summed E-state index contributed by atoms with van der Waals surface area (Å²) < 4.78 is 12.2. The molecule has 0 fully saturated rings.